The Morgan fingerprint density at radius 3 is 2.67 bits per heavy atom. The summed E-state index contributed by atoms with van der Waals surface area (Å²) in [5.74, 6) is 0.130. The predicted molar refractivity (Wildman–Crippen MR) is 83.6 cm³/mol. The Balaban J connectivity index is 1.57. The van der Waals surface area contributed by atoms with E-state index in [4.69, 9.17) is 4.74 Å². The molecule has 1 saturated heterocycles. The van der Waals surface area contributed by atoms with Crippen molar-refractivity contribution < 1.29 is 9.53 Å². The summed E-state index contributed by atoms with van der Waals surface area (Å²) in [6, 6.07) is 0. The van der Waals surface area contributed by atoms with Crippen molar-refractivity contribution >= 4 is 22.4 Å². The van der Waals surface area contributed by atoms with Crippen LogP contribution in [0.3, 0.4) is 0 Å². The Hall–Kier alpha value is -1.56. The quantitative estimate of drug-likeness (QED) is 0.839. The van der Waals surface area contributed by atoms with Crippen molar-refractivity contribution in [1.82, 2.24) is 9.88 Å². The molecule has 2 aliphatic rings. The fourth-order valence-electron chi connectivity index (χ4n) is 2.63. The first-order valence-electron chi connectivity index (χ1n) is 7.43. The fourth-order valence-corrected chi connectivity index (χ4v) is 3.59. The minimum atomic E-state index is -0.286. The Kier molecular flexibility index (Phi) is 4.14. The maximum absolute atomic E-state index is 12.4. The highest BCUT2D eigenvalue weighted by atomic mass is 32.1. The molecule has 2 aliphatic heterocycles. The Morgan fingerprint density at radius 1 is 1.33 bits per heavy atom. The summed E-state index contributed by atoms with van der Waals surface area (Å²) in [6.45, 7) is 7.34. The standard InChI is InChI=1S/C15H21N3O2S/c1-11-12(2)21-15(16-11)18-8-6-17(7-9-18)14(19)13-5-3-4-10-20-13/h4,10,13H,3,5-9H2,1-2H3. The predicted octanol–water partition coefficient (Wildman–Crippen LogP) is 2.10. The van der Waals surface area contributed by atoms with Gasteiger partial charge < -0.3 is 14.5 Å². The molecule has 3 heterocycles. The summed E-state index contributed by atoms with van der Waals surface area (Å²) in [6.07, 6.45) is 5.05. The second-order valence-corrected chi connectivity index (χ2v) is 6.71. The number of thiazole rings is 1. The van der Waals surface area contributed by atoms with Gasteiger partial charge in [0.2, 0.25) is 0 Å². The van der Waals surface area contributed by atoms with Gasteiger partial charge in [0.05, 0.1) is 12.0 Å². The molecule has 1 amide bonds. The summed E-state index contributed by atoms with van der Waals surface area (Å²) < 4.78 is 5.43. The average Bonchev–Trinajstić information content (AvgIpc) is 2.87. The maximum atomic E-state index is 12.4. The molecule has 3 rings (SSSR count). The summed E-state index contributed by atoms with van der Waals surface area (Å²) in [5, 5.41) is 1.08. The number of aryl methyl sites for hydroxylation is 2. The first-order chi connectivity index (χ1) is 10.1. The fraction of sp³-hybridized carbons (Fsp3) is 0.600. The van der Waals surface area contributed by atoms with Crippen molar-refractivity contribution in [3.63, 3.8) is 0 Å². The van der Waals surface area contributed by atoms with Gasteiger partial charge in [0, 0.05) is 31.1 Å². The van der Waals surface area contributed by atoms with Crippen LogP contribution in [0.25, 0.3) is 0 Å². The molecule has 1 aromatic heterocycles. The zero-order chi connectivity index (χ0) is 14.8. The van der Waals surface area contributed by atoms with Crippen LogP contribution in [0.5, 0.6) is 0 Å². The lowest BCUT2D eigenvalue weighted by Crippen LogP contribution is -2.52. The van der Waals surface area contributed by atoms with Gasteiger partial charge in [0.1, 0.15) is 0 Å². The first kappa shape index (κ1) is 14.4. The van der Waals surface area contributed by atoms with Crippen molar-refractivity contribution in [3.05, 3.63) is 22.9 Å². The summed E-state index contributed by atoms with van der Waals surface area (Å²) in [5.41, 5.74) is 1.11. The van der Waals surface area contributed by atoms with Crippen molar-refractivity contribution in [3.8, 4) is 0 Å². The highest BCUT2D eigenvalue weighted by Gasteiger charge is 2.29. The van der Waals surface area contributed by atoms with E-state index in [1.807, 2.05) is 17.9 Å². The third kappa shape index (κ3) is 3.05. The Morgan fingerprint density at radius 2 is 2.10 bits per heavy atom. The van der Waals surface area contributed by atoms with Crippen molar-refractivity contribution in [2.75, 3.05) is 31.1 Å². The van der Waals surface area contributed by atoms with Gasteiger partial charge in [-0.05, 0) is 32.8 Å². The van der Waals surface area contributed by atoms with Crippen molar-refractivity contribution in [2.24, 2.45) is 0 Å². The number of nitrogens with zero attached hydrogens (tertiary/aromatic N) is 3. The van der Waals surface area contributed by atoms with Gasteiger partial charge in [-0.2, -0.15) is 0 Å². The highest BCUT2D eigenvalue weighted by molar-refractivity contribution is 7.15. The second-order valence-electron chi connectivity index (χ2n) is 5.52. The highest BCUT2D eigenvalue weighted by Crippen LogP contribution is 2.26. The van der Waals surface area contributed by atoms with Crippen LogP contribution < -0.4 is 4.90 Å². The van der Waals surface area contributed by atoms with E-state index >= 15 is 0 Å². The lowest BCUT2D eigenvalue weighted by atomic mass is 10.1. The zero-order valence-electron chi connectivity index (χ0n) is 12.5. The normalized spacial score (nSPS) is 22.3. The van der Waals surface area contributed by atoms with E-state index in [0.717, 1.165) is 49.8 Å². The van der Waals surface area contributed by atoms with Gasteiger partial charge in [-0.25, -0.2) is 4.98 Å². The molecule has 21 heavy (non-hydrogen) atoms. The lowest BCUT2D eigenvalue weighted by molar-refractivity contribution is -0.141. The van der Waals surface area contributed by atoms with E-state index in [1.54, 1.807) is 17.6 Å². The molecule has 1 fully saturated rings. The molecule has 0 radical (unpaired) electrons. The zero-order valence-corrected chi connectivity index (χ0v) is 13.4. The van der Waals surface area contributed by atoms with E-state index < -0.39 is 0 Å². The largest absolute Gasteiger partial charge is 0.489 e. The molecule has 0 bridgehead atoms. The van der Waals surface area contributed by atoms with E-state index in [-0.39, 0.29) is 12.0 Å². The summed E-state index contributed by atoms with van der Waals surface area (Å²) in [4.78, 5) is 22.5. The van der Waals surface area contributed by atoms with Gasteiger partial charge in [0.15, 0.2) is 11.2 Å². The number of hydrogen-bond donors (Lipinski definition) is 0. The van der Waals surface area contributed by atoms with Gasteiger partial charge >= 0.3 is 0 Å². The summed E-state index contributed by atoms with van der Waals surface area (Å²) >= 11 is 1.74. The molecule has 0 aliphatic carbocycles. The molecule has 5 nitrogen and oxygen atoms in total. The van der Waals surface area contributed by atoms with Crippen molar-refractivity contribution in [2.45, 2.75) is 32.8 Å². The number of anilines is 1. The molecule has 0 N–H and O–H groups in total. The van der Waals surface area contributed by atoms with E-state index in [1.165, 1.54) is 4.88 Å². The molecule has 114 valence electrons. The molecular formula is C15H21N3O2S. The number of rotatable bonds is 2. The van der Waals surface area contributed by atoms with Gasteiger partial charge in [-0.15, -0.1) is 11.3 Å². The average molecular weight is 307 g/mol. The minimum Gasteiger partial charge on any atom is -0.489 e. The third-order valence-corrected chi connectivity index (χ3v) is 5.22. The molecule has 1 aromatic rings. The van der Waals surface area contributed by atoms with Crippen LogP contribution in [0.15, 0.2) is 12.3 Å². The van der Waals surface area contributed by atoms with Crippen LogP contribution in [0.1, 0.15) is 23.4 Å². The van der Waals surface area contributed by atoms with E-state index in [9.17, 15) is 4.79 Å². The number of carbonyl (C=O) groups excluding carboxylic acids is 1. The number of amides is 1. The number of ether oxygens (including phenoxy) is 1. The second kappa shape index (κ2) is 6.05. The topological polar surface area (TPSA) is 45.7 Å². The molecule has 0 spiro atoms. The van der Waals surface area contributed by atoms with Gasteiger partial charge in [0.25, 0.3) is 5.91 Å². The third-order valence-electron chi connectivity index (χ3n) is 4.09. The monoisotopic (exact) mass is 307 g/mol. The number of hydrogen-bond acceptors (Lipinski definition) is 5. The molecular weight excluding hydrogens is 286 g/mol. The molecule has 1 unspecified atom stereocenters. The Labute approximate surface area is 129 Å². The number of allylic oxidation sites excluding steroid dienone is 1. The van der Waals surface area contributed by atoms with Crippen LogP contribution in [0, 0.1) is 13.8 Å². The lowest BCUT2D eigenvalue weighted by Gasteiger charge is -2.36. The van der Waals surface area contributed by atoms with Crippen LogP contribution in [-0.2, 0) is 9.53 Å². The number of carbonyl (C=O) groups is 1. The van der Waals surface area contributed by atoms with Crippen LogP contribution in [-0.4, -0.2) is 48.1 Å². The maximum Gasteiger partial charge on any atom is 0.263 e. The molecule has 0 aromatic carbocycles. The first-order valence-corrected chi connectivity index (χ1v) is 8.25. The molecule has 6 heteroatoms. The molecule has 0 saturated carbocycles. The number of aromatic nitrogens is 1. The van der Waals surface area contributed by atoms with Crippen LogP contribution >= 0.6 is 11.3 Å². The summed E-state index contributed by atoms with van der Waals surface area (Å²) in [7, 11) is 0. The minimum absolute atomic E-state index is 0.130. The van der Waals surface area contributed by atoms with Gasteiger partial charge in [-0.3, -0.25) is 4.79 Å². The van der Waals surface area contributed by atoms with Crippen LogP contribution in [0.4, 0.5) is 5.13 Å². The van der Waals surface area contributed by atoms with Crippen LogP contribution in [0.2, 0.25) is 0 Å². The van der Waals surface area contributed by atoms with E-state index in [0.29, 0.717) is 0 Å². The number of piperazine rings is 1. The Bertz CT molecular complexity index is 528. The van der Waals surface area contributed by atoms with Gasteiger partial charge in [-0.1, -0.05) is 0 Å². The smallest absolute Gasteiger partial charge is 0.263 e. The SMILES string of the molecule is Cc1nc(N2CCN(C(=O)C3CCC=CO3)CC2)sc1C. The van der Waals surface area contributed by atoms with Crippen molar-refractivity contribution in [1.29, 1.82) is 0 Å². The molecule has 1 atom stereocenters. The van der Waals surface area contributed by atoms with E-state index in [2.05, 4.69) is 16.8 Å².